The monoisotopic (exact) mass is 343 g/mol. The molecule has 0 aliphatic heterocycles. The first kappa shape index (κ1) is 16.0. The van der Waals surface area contributed by atoms with Gasteiger partial charge in [-0.25, -0.2) is 4.79 Å². The maximum absolute atomic E-state index is 11.9. The van der Waals surface area contributed by atoms with Gasteiger partial charge in [0.15, 0.2) is 6.61 Å². The Bertz CT molecular complexity index is 755. The normalized spacial score (nSPS) is 10.3. The van der Waals surface area contributed by atoms with E-state index in [2.05, 4.69) is 4.42 Å². The van der Waals surface area contributed by atoms with Crippen molar-refractivity contribution in [3.63, 3.8) is 0 Å². The van der Waals surface area contributed by atoms with E-state index in [0.717, 1.165) is 12.1 Å². The summed E-state index contributed by atoms with van der Waals surface area (Å²) in [7, 11) is 0. The van der Waals surface area contributed by atoms with Crippen LogP contribution in [-0.2, 0) is 4.74 Å². The fourth-order valence-corrected chi connectivity index (χ4v) is 2.04. The van der Waals surface area contributed by atoms with Gasteiger partial charge in [-0.1, -0.05) is 23.2 Å². The zero-order valence-electron chi connectivity index (χ0n) is 10.7. The quantitative estimate of drug-likeness (QED) is 0.356. The summed E-state index contributed by atoms with van der Waals surface area (Å²) in [5.74, 6) is -2.51. The predicted molar refractivity (Wildman–Crippen MR) is 76.4 cm³/mol. The first-order chi connectivity index (χ1) is 10.4. The first-order valence-corrected chi connectivity index (χ1v) is 6.53. The van der Waals surface area contributed by atoms with Gasteiger partial charge in [-0.15, -0.1) is 0 Å². The second-order valence-electron chi connectivity index (χ2n) is 4.02. The van der Waals surface area contributed by atoms with Crippen LogP contribution in [0.1, 0.15) is 20.9 Å². The molecular weight excluding hydrogens is 337 g/mol. The van der Waals surface area contributed by atoms with Crippen LogP contribution >= 0.6 is 23.2 Å². The van der Waals surface area contributed by atoms with E-state index >= 15 is 0 Å². The molecule has 0 aliphatic rings. The second-order valence-corrected chi connectivity index (χ2v) is 4.86. The fraction of sp³-hybridized carbons (Fsp3) is 0.0769. The first-order valence-electron chi connectivity index (χ1n) is 5.78. The van der Waals surface area contributed by atoms with Gasteiger partial charge in [-0.2, -0.15) is 0 Å². The molecular formula is C13H7Cl2NO6. The highest BCUT2D eigenvalue weighted by Crippen LogP contribution is 2.22. The number of hydrogen-bond donors (Lipinski definition) is 0. The average Bonchev–Trinajstić information content (AvgIpc) is 2.94. The van der Waals surface area contributed by atoms with Crippen LogP contribution in [-0.4, -0.2) is 23.3 Å². The fourth-order valence-electron chi connectivity index (χ4n) is 1.53. The number of ether oxygens (including phenoxy) is 1. The molecule has 0 amide bonds. The minimum absolute atomic E-state index is 0.127. The van der Waals surface area contributed by atoms with Crippen LogP contribution in [0.2, 0.25) is 10.0 Å². The number of carbonyl (C=O) groups is 2. The summed E-state index contributed by atoms with van der Waals surface area (Å²) < 4.78 is 9.38. The van der Waals surface area contributed by atoms with Crippen LogP contribution < -0.4 is 0 Å². The topological polar surface area (TPSA) is 99.7 Å². The molecule has 0 aliphatic carbocycles. The van der Waals surface area contributed by atoms with Crippen LogP contribution in [0.5, 0.6) is 0 Å². The van der Waals surface area contributed by atoms with Crippen LogP contribution in [0.15, 0.2) is 34.7 Å². The molecule has 0 saturated heterocycles. The average molecular weight is 344 g/mol. The number of halogens is 2. The van der Waals surface area contributed by atoms with Gasteiger partial charge in [0.05, 0.1) is 11.1 Å². The zero-order valence-corrected chi connectivity index (χ0v) is 12.3. The molecule has 0 unspecified atom stereocenters. The molecule has 2 aromatic rings. The number of nitrogens with zero attached hydrogens (tertiary/aromatic N) is 1. The van der Waals surface area contributed by atoms with Crippen LogP contribution in [0.25, 0.3) is 0 Å². The summed E-state index contributed by atoms with van der Waals surface area (Å²) in [5, 5.41) is 10.9. The SMILES string of the molecule is O=C(OCC(=O)c1ccc(Cl)cc1Cl)c1ccc([N+](=O)[O-])o1. The lowest BCUT2D eigenvalue weighted by atomic mass is 10.1. The van der Waals surface area contributed by atoms with E-state index < -0.39 is 29.2 Å². The van der Waals surface area contributed by atoms with Gasteiger partial charge >= 0.3 is 11.9 Å². The van der Waals surface area contributed by atoms with Crippen LogP contribution in [0.4, 0.5) is 5.88 Å². The molecule has 7 nitrogen and oxygen atoms in total. The van der Waals surface area contributed by atoms with Crippen molar-refractivity contribution in [3.05, 3.63) is 61.8 Å². The number of benzene rings is 1. The second kappa shape index (κ2) is 6.59. The lowest BCUT2D eigenvalue weighted by Gasteiger charge is -2.04. The van der Waals surface area contributed by atoms with Crippen molar-refractivity contribution >= 4 is 40.8 Å². The van der Waals surface area contributed by atoms with E-state index in [1.807, 2.05) is 0 Å². The van der Waals surface area contributed by atoms with Gasteiger partial charge in [0.1, 0.15) is 4.92 Å². The number of hydrogen-bond acceptors (Lipinski definition) is 6. The predicted octanol–water partition coefficient (Wildman–Crippen LogP) is 3.53. The van der Waals surface area contributed by atoms with E-state index in [1.165, 1.54) is 18.2 Å². The summed E-state index contributed by atoms with van der Waals surface area (Å²) in [6, 6.07) is 6.35. The highest BCUT2D eigenvalue weighted by atomic mass is 35.5. The number of esters is 1. The highest BCUT2D eigenvalue weighted by molar-refractivity contribution is 6.36. The Morgan fingerprint density at radius 1 is 1.23 bits per heavy atom. The molecule has 1 aromatic heterocycles. The summed E-state index contributed by atoms with van der Waals surface area (Å²) in [6.07, 6.45) is 0. The van der Waals surface area contributed by atoms with Gasteiger partial charge < -0.3 is 9.15 Å². The zero-order chi connectivity index (χ0) is 16.3. The molecule has 0 N–H and O–H groups in total. The van der Waals surface area contributed by atoms with Crippen LogP contribution in [0.3, 0.4) is 0 Å². The molecule has 1 aromatic carbocycles. The summed E-state index contributed by atoms with van der Waals surface area (Å²) >= 11 is 11.6. The van der Waals surface area contributed by atoms with Gasteiger partial charge in [0.2, 0.25) is 11.5 Å². The molecule has 9 heteroatoms. The lowest BCUT2D eigenvalue weighted by molar-refractivity contribution is -0.402. The Morgan fingerprint density at radius 3 is 2.55 bits per heavy atom. The smallest absolute Gasteiger partial charge is 0.433 e. The molecule has 0 saturated carbocycles. The Labute approximate surface area is 133 Å². The van der Waals surface area contributed by atoms with Crippen molar-refractivity contribution in [2.45, 2.75) is 0 Å². The van der Waals surface area contributed by atoms with E-state index in [-0.39, 0.29) is 16.3 Å². The Hall–Kier alpha value is -2.38. The van der Waals surface area contributed by atoms with Gasteiger partial charge in [0.25, 0.3) is 0 Å². The summed E-state index contributed by atoms with van der Waals surface area (Å²) in [4.78, 5) is 33.1. The Kier molecular flexibility index (Phi) is 4.79. The maximum atomic E-state index is 11.9. The van der Waals surface area contributed by atoms with Gasteiger partial charge in [-0.3, -0.25) is 14.9 Å². The van der Waals surface area contributed by atoms with Gasteiger partial charge in [-0.05, 0) is 24.3 Å². The van der Waals surface area contributed by atoms with Crippen molar-refractivity contribution in [1.82, 2.24) is 0 Å². The number of nitro groups is 1. The van der Waals surface area contributed by atoms with E-state index in [9.17, 15) is 19.7 Å². The molecule has 22 heavy (non-hydrogen) atoms. The third-order valence-electron chi connectivity index (χ3n) is 2.54. The molecule has 1 heterocycles. The molecule has 0 atom stereocenters. The van der Waals surface area contributed by atoms with Crippen molar-refractivity contribution in [3.8, 4) is 0 Å². The highest BCUT2D eigenvalue weighted by Gasteiger charge is 2.20. The van der Waals surface area contributed by atoms with Crippen LogP contribution in [0, 0.1) is 10.1 Å². The molecule has 0 spiro atoms. The molecule has 114 valence electrons. The standard InChI is InChI=1S/C13H7Cl2NO6/c14-7-1-2-8(9(15)5-7)10(17)6-21-13(18)11-3-4-12(22-11)16(19)20/h1-5H,6H2. The van der Waals surface area contributed by atoms with Gasteiger partial charge in [0, 0.05) is 10.6 Å². The Morgan fingerprint density at radius 2 is 1.95 bits per heavy atom. The van der Waals surface area contributed by atoms with E-state index in [0.29, 0.717) is 5.02 Å². The van der Waals surface area contributed by atoms with Crippen molar-refractivity contribution < 1.29 is 23.7 Å². The summed E-state index contributed by atoms with van der Waals surface area (Å²) in [6.45, 7) is -0.589. The Balaban J connectivity index is 2.01. The van der Waals surface area contributed by atoms with E-state index in [1.54, 1.807) is 0 Å². The molecule has 0 radical (unpaired) electrons. The molecule has 0 fully saturated rings. The third kappa shape index (κ3) is 3.63. The number of furan rings is 1. The minimum Gasteiger partial charge on any atom is -0.451 e. The molecule has 2 rings (SSSR count). The number of rotatable bonds is 5. The van der Waals surface area contributed by atoms with E-state index in [4.69, 9.17) is 27.9 Å². The minimum atomic E-state index is -0.994. The third-order valence-corrected chi connectivity index (χ3v) is 3.09. The maximum Gasteiger partial charge on any atom is 0.433 e. The lowest BCUT2D eigenvalue weighted by Crippen LogP contribution is -2.14. The summed E-state index contributed by atoms with van der Waals surface area (Å²) in [5.41, 5.74) is 0.143. The molecule has 0 bridgehead atoms. The van der Waals surface area contributed by atoms with Crippen molar-refractivity contribution in [1.29, 1.82) is 0 Å². The number of carbonyl (C=O) groups excluding carboxylic acids is 2. The largest absolute Gasteiger partial charge is 0.451 e. The number of Topliss-reactive ketones (excluding diaryl/α,β-unsaturated/α-hetero) is 1. The van der Waals surface area contributed by atoms with Crippen molar-refractivity contribution in [2.24, 2.45) is 0 Å². The number of ketones is 1. The van der Waals surface area contributed by atoms with Crippen molar-refractivity contribution in [2.75, 3.05) is 6.61 Å².